The van der Waals surface area contributed by atoms with E-state index in [0.29, 0.717) is 25.3 Å². The van der Waals surface area contributed by atoms with Gasteiger partial charge < -0.3 is 10.4 Å². The maximum absolute atomic E-state index is 11.5. The molecule has 0 saturated heterocycles. The van der Waals surface area contributed by atoms with Crippen LogP contribution in [0, 0.1) is 11.8 Å². The van der Waals surface area contributed by atoms with Crippen molar-refractivity contribution in [3.63, 3.8) is 0 Å². The Morgan fingerprint density at radius 2 is 2.22 bits per heavy atom. The second kappa shape index (κ2) is 7.82. The average molecular weight is 250 g/mol. The number of hydrogen-bond donors (Lipinski definition) is 2. The van der Waals surface area contributed by atoms with E-state index in [1.54, 1.807) is 6.20 Å². The van der Waals surface area contributed by atoms with Gasteiger partial charge in [0, 0.05) is 37.4 Å². The second-order valence-electron chi connectivity index (χ2n) is 4.98. The quantitative estimate of drug-likeness (QED) is 0.769. The van der Waals surface area contributed by atoms with E-state index in [9.17, 15) is 9.90 Å². The number of nitrogens with one attached hydrogen (secondary N) is 1. The molecule has 0 aromatic carbocycles. The summed E-state index contributed by atoms with van der Waals surface area (Å²) in [5.74, 6) is 0.425. The molecule has 0 fully saturated rings. The third-order valence-electron chi connectivity index (χ3n) is 2.66. The van der Waals surface area contributed by atoms with Crippen molar-refractivity contribution >= 4 is 5.91 Å². The SMILES string of the molecule is CC(C)CC(=O)NCC(CO)Cc1ccccn1. The van der Waals surface area contributed by atoms with Crippen molar-refractivity contribution in [2.75, 3.05) is 13.2 Å². The highest BCUT2D eigenvalue weighted by molar-refractivity contribution is 5.76. The molecule has 1 unspecified atom stereocenters. The van der Waals surface area contributed by atoms with Crippen molar-refractivity contribution in [2.24, 2.45) is 11.8 Å². The summed E-state index contributed by atoms with van der Waals surface area (Å²) in [7, 11) is 0. The van der Waals surface area contributed by atoms with E-state index in [0.717, 1.165) is 5.69 Å². The molecule has 0 bridgehead atoms. The van der Waals surface area contributed by atoms with Gasteiger partial charge in [-0.2, -0.15) is 0 Å². The van der Waals surface area contributed by atoms with Crippen LogP contribution in [0.5, 0.6) is 0 Å². The fourth-order valence-corrected chi connectivity index (χ4v) is 1.72. The Hall–Kier alpha value is -1.42. The van der Waals surface area contributed by atoms with E-state index in [1.807, 2.05) is 32.0 Å². The van der Waals surface area contributed by atoms with Gasteiger partial charge in [0.1, 0.15) is 0 Å². The summed E-state index contributed by atoms with van der Waals surface area (Å²) >= 11 is 0. The number of amides is 1. The predicted octanol–water partition coefficient (Wildman–Crippen LogP) is 1.39. The standard InChI is InChI=1S/C14H22N2O2/c1-11(2)7-14(18)16-9-12(10-17)8-13-5-3-4-6-15-13/h3-6,11-12,17H,7-10H2,1-2H3,(H,16,18). The normalized spacial score (nSPS) is 12.4. The van der Waals surface area contributed by atoms with E-state index >= 15 is 0 Å². The molecule has 1 rings (SSSR count). The molecule has 0 aliphatic carbocycles. The van der Waals surface area contributed by atoms with Crippen LogP contribution in [0.4, 0.5) is 0 Å². The molecular weight excluding hydrogens is 228 g/mol. The number of pyridine rings is 1. The molecule has 0 radical (unpaired) electrons. The van der Waals surface area contributed by atoms with Crippen molar-refractivity contribution in [3.8, 4) is 0 Å². The van der Waals surface area contributed by atoms with E-state index in [1.165, 1.54) is 0 Å². The Bertz CT molecular complexity index is 352. The number of hydrogen-bond acceptors (Lipinski definition) is 3. The van der Waals surface area contributed by atoms with Crippen LogP contribution >= 0.6 is 0 Å². The minimum atomic E-state index is 0.0241. The molecule has 1 aromatic rings. The summed E-state index contributed by atoms with van der Waals surface area (Å²) in [6, 6.07) is 5.72. The van der Waals surface area contributed by atoms with E-state index < -0.39 is 0 Å². The third kappa shape index (κ3) is 5.77. The van der Waals surface area contributed by atoms with Gasteiger partial charge >= 0.3 is 0 Å². The lowest BCUT2D eigenvalue weighted by Gasteiger charge is -2.15. The highest BCUT2D eigenvalue weighted by Crippen LogP contribution is 2.05. The Kier molecular flexibility index (Phi) is 6.36. The number of carbonyl (C=O) groups is 1. The van der Waals surface area contributed by atoms with Crippen LogP contribution in [0.3, 0.4) is 0 Å². The van der Waals surface area contributed by atoms with Gasteiger partial charge in [-0.15, -0.1) is 0 Å². The maximum atomic E-state index is 11.5. The van der Waals surface area contributed by atoms with Gasteiger partial charge in [0.25, 0.3) is 0 Å². The number of rotatable bonds is 7. The lowest BCUT2D eigenvalue weighted by molar-refractivity contribution is -0.122. The molecule has 4 nitrogen and oxygen atoms in total. The van der Waals surface area contributed by atoms with Crippen LogP contribution in [-0.2, 0) is 11.2 Å². The first-order valence-electron chi connectivity index (χ1n) is 6.39. The van der Waals surface area contributed by atoms with Crippen molar-refractivity contribution < 1.29 is 9.90 Å². The Morgan fingerprint density at radius 1 is 1.44 bits per heavy atom. The largest absolute Gasteiger partial charge is 0.396 e. The molecule has 0 spiro atoms. The topological polar surface area (TPSA) is 62.2 Å². The zero-order chi connectivity index (χ0) is 13.4. The smallest absolute Gasteiger partial charge is 0.220 e. The molecule has 1 atom stereocenters. The van der Waals surface area contributed by atoms with Gasteiger partial charge in [0.05, 0.1) is 0 Å². The average Bonchev–Trinajstić information content (AvgIpc) is 2.35. The molecule has 0 saturated carbocycles. The lowest BCUT2D eigenvalue weighted by Crippen LogP contribution is -2.32. The van der Waals surface area contributed by atoms with Gasteiger partial charge in [0.15, 0.2) is 0 Å². The monoisotopic (exact) mass is 250 g/mol. The van der Waals surface area contributed by atoms with E-state index in [-0.39, 0.29) is 18.4 Å². The third-order valence-corrected chi connectivity index (χ3v) is 2.66. The zero-order valence-corrected chi connectivity index (χ0v) is 11.1. The van der Waals surface area contributed by atoms with Gasteiger partial charge in [-0.05, 0) is 24.5 Å². The molecule has 2 N–H and O–H groups in total. The molecule has 0 aliphatic rings. The zero-order valence-electron chi connectivity index (χ0n) is 11.1. The highest BCUT2D eigenvalue weighted by Gasteiger charge is 2.11. The predicted molar refractivity (Wildman–Crippen MR) is 71.0 cm³/mol. The summed E-state index contributed by atoms with van der Waals surface area (Å²) < 4.78 is 0. The summed E-state index contributed by atoms with van der Waals surface area (Å²) in [4.78, 5) is 15.7. The summed E-state index contributed by atoms with van der Waals surface area (Å²) in [6.07, 6.45) is 2.95. The molecule has 1 amide bonds. The molecule has 4 heteroatoms. The number of aromatic nitrogens is 1. The van der Waals surface area contributed by atoms with E-state index in [4.69, 9.17) is 0 Å². The number of nitrogens with zero attached hydrogens (tertiary/aromatic N) is 1. The first kappa shape index (κ1) is 14.6. The maximum Gasteiger partial charge on any atom is 0.220 e. The number of aliphatic hydroxyl groups excluding tert-OH is 1. The minimum absolute atomic E-state index is 0.0241. The number of aliphatic hydroxyl groups is 1. The Labute approximate surface area is 108 Å². The second-order valence-corrected chi connectivity index (χ2v) is 4.98. The van der Waals surface area contributed by atoms with Crippen molar-refractivity contribution in [3.05, 3.63) is 30.1 Å². The molecular formula is C14H22N2O2. The van der Waals surface area contributed by atoms with Gasteiger partial charge in [-0.1, -0.05) is 19.9 Å². The summed E-state index contributed by atoms with van der Waals surface area (Å²) in [6.45, 7) is 4.57. The van der Waals surface area contributed by atoms with Crippen LogP contribution in [0.2, 0.25) is 0 Å². The van der Waals surface area contributed by atoms with Crippen molar-refractivity contribution in [1.29, 1.82) is 0 Å². The molecule has 100 valence electrons. The number of carbonyl (C=O) groups excluding carboxylic acids is 1. The van der Waals surface area contributed by atoms with Gasteiger partial charge in [-0.3, -0.25) is 9.78 Å². The van der Waals surface area contributed by atoms with Crippen LogP contribution in [0.25, 0.3) is 0 Å². The first-order chi connectivity index (χ1) is 8.61. The fourth-order valence-electron chi connectivity index (χ4n) is 1.72. The lowest BCUT2D eigenvalue weighted by atomic mass is 10.0. The highest BCUT2D eigenvalue weighted by atomic mass is 16.3. The van der Waals surface area contributed by atoms with Crippen molar-refractivity contribution in [1.82, 2.24) is 10.3 Å². The van der Waals surface area contributed by atoms with Crippen LogP contribution in [-0.4, -0.2) is 29.1 Å². The molecule has 1 aromatic heterocycles. The van der Waals surface area contributed by atoms with Crippen LogP contribution in [0.15, 0.2) is 24.4 Å². The summed E-state index contributed by atoms with van der Waals surface area (Å²) in [5, 5.41) is 12.2. The van der Waals surface area contributed by atoms with Crippen LogP contribution in [0.1, 0.15) is 26.0 Å². The van der Waals surface area contributed by atoms with Gasteiger partial charge in [0.2, 0.25) is 5.91 Å². The van der Waals surface area contributed by atoms with E-state index in [2.05, 4.69) is 10.3 Å². The minimum Gasteiger partial charge on any atom is -0.396 e. The Balaban J connectivity index is 2.36. The fraction of sp³-hybridized carbons (Fsp3) is 0.571. The van der Waals surface area contributed by atoms with Crippen molar-refractivity contribution in [2.45, 2.75) is 26.7 Å². The molecule has 1 heterocycles. The summed E-state index contributed by atoms with van der Waals surface area (Å²) in [5.41, 5.74) is 0.939. The van der Waals surface area contributed by atoms with Gasteiger partial charge in [-0.25, -0.2) is 0 Å². The first-order valence-corrected chi connectivity index (χ1v) is 6.39. The molecule has 18 heavy (non-hydrogen) atoms. The molecule has 0 aliphatic heterocycles. The Morgan fingerprint density at radius 3 is 2.78 bits per heavy atom. The van der Waals surface area contributed by atoms with Crippen LogP contribution < -0.4 is 5.32 Å².